The maximum Gasteiger partial charge on any atom is 0.308 e. The zero-order valence-corrected chi connectivity index (χ0v) is 35.9. The minimum atomic E-state index is -2.00. The zero-order chi connectivity index (χ0) is 41.1. The van der Waals surface area contributed by atoms with E-state index in [4.69, 9.17) is 32.5 Å². The number of ketones is 2. The molecule has 0 aliphatic carbocycles. The fraction of sp³-hybridized carbons (Fsp3) is 0.619. The molecule has 0 aromatic heterocycles. The Labute approximate surface area is 342 Å². The number of ether oxygens (including phenoxy) is 6. The van der Waals surface area contributed by atoms with Crippen LogP contribution in [-0.2, 0) is 32.7 Å². The number of benzene rings is 2. The molecule has 0 aliphatic rings. The Morgan fingerprint density at radius 3 is 1.18 bits per heavy atom. The lowest BCUT2D eigenvalue weighted by atomic mass is 9.97. The van der Waals surface area contributed by atoms with Gasteiger partial charge in [-0.15, -0.1) is 0 Å². The number of rotatable bonds is 28. The SMILES string of the molecule is C.C.CC(C)(O)C(=O)c1ccc(OCCOCCC(=O)OCCC[Si](C)(C)O[Si](C)(C)CCCOC(=O)CCOCCOc2ccc(C(=O)C(C)(C)O)cc2)cc1. The Morgan fingerprint density at radius 2 is 0.860 bits per heavy atom. The largest absolute Gasteiger partial charge is 0.491 e. The van der Waals surface area contributed by atoms with Crippen LogP contribution in [0.15, 0.2) is 48.5 Å². The van der Waals surface area contributed by atoms with Gasteiger partial charge in [0.25, 0.3) is 0 Å². The monoisotopic (exact) mass is 838 g/mol. The minimum absolute atomic E-state index is 0. The average Bonchev–Trinajstić information content (AvgIpc) is 3.10. The molecule has 0 aliphatic heterocycles. The molecule has 0 saturated carbocycles. The number of carbonyl (C=O) groups excluding carboxylic acids is 4. The average molecular weight is 839 g/mol. The summed E-state index contributed by atoms with van der Waals surface area (Å²) < 4.78 is 39.6. The van der Waals surface area contributed by atoms with Crippen molar-refractivity contribution in [3.63, 3.8) is 0 Å². The van der Waals surface area contributed by atoms with Gasteiger partial charge in [0.05, 0.1) is 52.5 Å². The first-order valence-electron chi connectivity index (χ1n) is 18.9. The van der Waals surface area contributed by atoms with Crippen molar-refractivity contribution in [3.8, 4) is 11.5 Å². The Kier molecular flexibility index (Phi) is 24.3. The predicted octanol–water partition coefficient (Wildman–Crippen LogP) is 7.43. The predicted molar refractivity (Wildman–Crippen MR) is 226 cm³/mol. The van der Waals surface area contributed by atoms with Gasteiger partial charge >= 0.3 is 11.9 Å². The molecular formula is C42H70O13Si2. The lowest BCUT2D eigenvalue weighted by Crippen LogP contribution is -2.44. The number of aliphatic hydroxyl groups is 2. The molecule has 0 fully saturated rings. The van der Waals surface area contributed by atoms with Gasteiger partial charge in [0.15, 0.2) is 28.2 Å². The number of carbonyl (C=O) groups is 4. The Bertz CT molecular complexity index is 1370. The Balaban J connectivity index is 0.0000157. The molecule has 0 bridgehead atoms. The molecule has 0 unspecified atom stereocenters. The highest BCUT2D eigenvalue weighted by atomic mass is 28.4. The molecule has 2 aromatic carbocycles. The van der Waals surface area contributed by atoms with Crippen LogP contribution < -0.4 is 9.47 Å². The smallest absolute Gasteiger partial charge is 0.308 e. The third-order valence-corrected chi connectivity index (χ3v) is 15.7. The van der Waals surface area contributed by atoms with E-state index in [1.807, 2.05) is 0 Å². The molecule has 57 heavy (non-hydrogen) atoms. The summed E-state index contributed by atoms with van der Waals surface area (Å²) in [5, 5.41) is 19.7. The van der Waals surface area contributed by atoms with Crippen LogP contribution in [0.2, 0.25) is 38.3 Å². The van der Waals surface area contributed by atoms with E-state index in [1.165, 1.54) is 27.7 Å². The van der Waals surface area contributed by atoms with Gasteiger partial charge in [-0.3, -0.25) is 19.2 Å². The maximum absolute atomic E-state index is 12.1. The number of Topliss-reactive ketones (excluding diaryl/α,β-unsaturated/α-hetero) is 2. The summed E-state index contributed by atoms with van der Waals surface area (Å²) in [4.78, 5) is 48.5. The molecule has 0 saturated heterocycles. The molecule has 0 heterocycles. The van der Waals surface area contributed by atoms with E-state index in [-0.39, 0.29) is 77.6 Å². The van der Waals surface area contributed by atoms with Crippen LogP contribution in [-0.4, -0.2) is 114 Å². The van der Waals surface area contributed by atoms with Gasteiger partial charge < -0.3 is 42.7 Å². The van der Waals surface area contributed by atoms with Crippen LogP contribution in [0.3, 0.4) is 0 Å². The van der Waals surface area contributed by atoms with Crippen molar-refractivity contribution in [1.82, 2.24) is 0 Å². The van der Waals surface area contributed by atoms with Crippen LogP contribution in [0.25, 0.3) is 0 Å². The van der Waals surface area contributed by atoms with Crippen molar-refractivity contribution in [3.05, 3.63) is 59.7 Å². The standard InChI is InChI=1S/C40H62O13Si2.2CH4/c1-39(2,45)37(43)31-11-15-33(16-12-31)49-27-25-47-23-19-35(41)51-21-9-29-54(5,6)53-55(7,8)30-10-22-52-36(42)20-24-48-26-28-50-34-17-13-32(14-18-34)38(44)40(3,4)46;;/h11-18,45-46H,9-10,19-30H2,1-8H3;2*1H4. The molecule has 2 rings (SSSR count). The summed E-state index contributed by atoms with van der Waals surface area (Å²) in [5.41, 5.74) is -2.07. The summed E-state index contributed by atoms with van der Waals surface area (Å²) in [6, 6.07) is 14.8. The van der Waals surface area contributed by atoms with Gasteiger partial charge in [0.2, 0.25) is 0 Å². The van der Waals surface area contributed by atoms with E-state index in [0.717, 1.165) is 24.9 Å². The Morgan fingerprint density at radius 1 is 0.526 bits per heavy atom. The molecule has 15 heteroatoms. The van der Waals surface area contributed by atoms with E-state index >= 15 is 0 Å². The third-order valence-electron chi connectivity index (χ3n) is 8.16. The van der Waals surface area contributed by atoms with E-state index in [9.17, 15) is 29.4 Å². The van der Waals surface area contributed by atoms with Crippen molar-refractivity contribution < 1.29 is 61.9 Å². The number of hydrogen-bond acceptors (Lipinski definition) is 13. The number of hydrogen-bond donors (Lipinski definition) is 2. The van der Waals surface area contributed by atoms with E-state index in [0.29, 0.717) is 49.1 Å². The molecule has 2 aromatic rings. The summed E-state index contributed by atoms with van der Waals surface area (Å²) in [6.07, 6.45) is 1.72. The molecule has 2 N–H and O–H groups in total. The fourth-order valence-corrected chi connectivity index (χ4v) is 14.2. The summed E-state index contributed by atoms with van der Waals surface area (Å²) in [6.45, 7) is 16.7. The van der Waals surface area contributed by atoms with Crippen molar-refractivity contribution in [2.75, 3.05) is 52.9 Å². The van der Waals surface area contributed by atoms with Gasteiger partial charge in [-0.25, -0.2) is 0 Å². The topological polar surface area (TPSA) is 173 Å². The lowest BCUT2D eigenvalue weighted by Gasteiger charge is -2.34. The molecule has 0 amide bonds. The first kappa shape index (κ1) is 53.6. The molecule has 0 radical (unpaired) electrons. The van der Waals surface area contributed by atoms with Crippen molar-refractivity contribution in [2.24, 2.45) is 0 Å². The van der Waals surface area contributed by atoms with Crippen LogP contribution in [0.4, 0.5) is 0 Å². The second kappa shape index (κ2) is 25.8. The molecule has 0 spiro atoms. The van der Waals surface area contributed by atoms with Crippen LogP contribution in [0.5, 0.6) is 11.5 Å². The first-order valence-corrected chi connectivity index (χ1v) is 25.1. The minimum Gasteiger partial charge on any atom is -0.491 e. The second-order valence-corrected chi connectivity index (χ2v) is 24.4. The van der Waals surface area contributed by atoms with Gasteiger partial charge in [0, 0.05) is 11.1 Å². The normalized spacial score (nSPS) is 11.8. The van der Waals surface area contributed by atoms with Gasteiger partial charge in [0.1, 0.15) is 35.9 Å². The van der Waals surface area contributed by atoms with Crippen molar-refractivity contribution in [1.29, 1.82) is 0 Å². The van der Waals surface area contributed by atoms with E-state index in [2.05, 4.69) is 26.2 Å². The molecular weight excluding hydrogens is 769 g/mol. The summed E-state index contributed by atoms with van der Waals surface area (Å²) in [7, 11) is -3.99. The van der Waals surface area contributed by atoms with Crippen molar-refractivity contribution >= 4 is 40.1 Å². The van der Waals surface area contributed by atoms with Gasteiger partial charge in [-0.2, -0.15) is 0 Å². The van der Waals surface area contributed by atoms with Crippen LogP contribution in [0, 0.1) is 0 Å². The van der Waals surface area contributed by atoms with Gasteiger partial charge in [-0.05, 0) is 127 Å². The quantitative estimate of drug-likeness (QED) is 0.0375. The van der Waals surface area contributed by atoms with E-state index < -0.39 is 27.8 Å². The number of esters is 2. The maximum atomic E-state index is 12.1. The first-order chi connectivity index (χ1) is 25.7. The summed E-state index contributed by atoms with van der Waals surface area (Å²) in [5.74, 6) is -0.225. The van der Waals surface area contributed by atoms with Crippen molar-refractivity contribution in [2.45, 2.75) is 118 Å². The third kappa shape index (κ3) is 22.9. The van der Waals surface area contributed by atoms with Crippen LogP contribution in [0.1, 0.15) is 88.9 Å². The summed E-state index contributed by atoms with van der Waals surface area (Å²) >= 11 is 0. The molecule has 324 valence electrons. The van der Waals surface area contributed by atoms with Gasteiger partial charge in [-0.1, -0.05) is 14.9 Å². The highest BCUT2D eigenvalue weighted by Crippen LogP contribution is 2.24. The fourth-order valence-electron chi connectivity index (χ4n) is 5.43. The molecule has 0 atom stereocenters. The second-order valence-electron chi connectivity index (χ2n) is 15.5. The van der Waals surface area contributed by atoms with Crippen LogP contribution >= 0.6 is 0 Å². The highest BCUT2D eigenvalue weighted by molar-refractivity contribution is 6.84. The Hall–Kier alpha value is -3.45. The lowest BCUT2D eigenvalue weighted by molar-refractivity contribution is -0.145. The molecule has 13 nitrogen and oxygen atoms in total. The zero-order valence-electron chi connectivity index (χ0n) is 33.9. The van der Waals surface area contributed by atoms with E-state index in [1.54, 1.807) is 48.5 Å². The highest BCUT2D eigenvalue weighted by Gasteiger charge is 2.32.